The third kappa shape index (κ3) is 1.94. The molecule has 0 bridgehead atoms. The summed E-state index contributed by atoms with van der Waals surface area (Å²) in [6.07, 6.45) is 0.278. The lowest BCUT2D eigenvalue weighted by atomic mass is 9.87. The number of rotatable bonds is 1. The maximum atomic E-state index is 13.1. The van der Waals surface area contributed by atoms with Crippen LogP contribution in [0.15, 0.2) is 30.7 Å². The minimum Gasteiger partial charge on any atom is -0.294 e. The topological polar surface area (TPSA) is 71.5 Å². The van der Waals surface area contributed by atoms with Crippen molar-refractivity contribution in [2.24, 2.45) is 0 Å². The van der Waals surface area contributed by atoms with Gasteiger partial charge in [-0.25, -0.2) is 8.42 Å². The fourth-order valence-corrected chi connectivity index (χ4v) is 10.1. The maximum Gasteiger partial charge on any atom is 0.283 e. The molecule has 3 aromatic rings. The smallest absolute Gasteiger partial charge is 0.283 e. The number of amides is 1. The van der Waals surface area contributed by atoms with Crippen molar-refractivity contribution in [1.82, 2.24) is 0 Å². The number of benzene rings is 1. The zero-order chi connectivity index (χ0) is 17.7. The molecule has 3 heterocycles. The second kappa shape index (κ2) is 5.01. The van der Waals surface area contributed by atoms with Crippen LogP contribution in [0, 0.1) is 0 Å². The molecule has 0 saturated carbocycles. The molecule has 0 N–H and O–H groups in total. The van der Waals surface area contributed by atoms with Crippen molar-refractivity contribution < 1.29 is 18.0 Å². The SMILES string of the molecule is O=C1Cc2cc(N3C(=O)c4sc5c(Br)sc(Br)c5c4S3(=O)=O)ccc21. The van der Waals surface area contributed by atoms with Crippen LogP contribution >= 0.6 is 54.5 Å². The molecular weight excluding hydrogens is 514 g/mol. The largest absolute Gasteiger partial charge is 0.294 e. The first-order valence-corrected chi connectivity index (χ1v) is 11.6. The molecule has 0 radical (unpaired) electrons. The average Bonchev–Trinajstić information content (AvgIpc) is 3.11. The van der Waals surface area contributed by atoms with Crippen molar-refractivity contribution in [3.05, 3.63) is 41.8 Å². The Labute approximate surface area is 166 Å². The van der Waals surface area contributed by atoms with Crippen molar-refractivity contribution in [3.8, 4) is 0 Å². The van der Waals surface area contributed by atoms with Gasteiger partial charge in [-0.2, -0.15) is 4.31 Å². The summed E-state index contributed by atoms with van der Waals surface area (Å²) < 4.78 is 29.3. The molecule has 2 aromatic heterocycles. The average molecular weight is 519 g/mol. The molecule has 0 spiro atoms. The number of halogens is 2. The maximum absolute atomic E-state index is 13.1. The monoisotopic (exact) mass is 517 g/mol. The Kier molecular flexibility index (Phi) is 3.23. The summed E-state index contributed by atoms with van der Waals surface area (Å²) >= 11 is 9.37. The summed E-state index contributed by atoms with van der Waals surface area (Å²) in [5.74, 6) is -0.518. The van der Waals surface area contributed by atoms with Gasteiger partial charge in [0.25, 0.3) is 15.9 Å². The molecule has 126 valence electrons. The van der Waals surface area contributed by atoms with Crippen LogP contribution < -0.4 is 4.31 Å². The van der Waals surface area contributed by atoms with E-state index in [4.69, 9.17) is 0 Å². The fraction of sp³-hybridized carbons (Fsp3) is 0.0667. The first-order valence-electron chi connectivity index (χ1n) is 6.97. The van der Waals surface area contributed by atoms with E-state index in [0.717, 1.165) is 18.4 Å². The molecule has 0 saturated heterocycles. The third-order valence-electron chi connectivity index (χ3n) is 4.27. The number of sulfonamides is 1. The van der Waals surface area contributed by atoms with Gasteiger partial charge >= 0.3 is 0 Å². The van der Waals surface area contributed by atoms with E-state index in [-0.39, 0.29) is 27.7 Å². The van der Waals surface area contributed by atoms with Crippen molar-refractivity contribution in [3.63, 3.8) is 0 Å². The minimum absolute atomic E-state index is 0.0324. The number of carbonyl (C=O) groups excluding carboxylic acids is 2. The van der Waals surface area contributed by atoms with Gasteiger partial charge in [0.15, 0.2) is 5.78 Å². The number of anilines is 1. The second-order valence-corrected chi connectivity index (χ2v) is 12.0. The second-order valence-electron chi connectivity index (χ2n) is 5.63. The van der Waals surface area contributed by atoms with E-state index in [0.29, 0.717) is 14.7 Å². The third-order valence-corrected chi connectivity index (χ3v) is 10.3. The predicted molar refractivity (Wildman–Crippen MR) is 104 cm³/mol. The molecule has 1 aliphatic heterocycles. The lowest BCUT2D eigenvalue weighted by molar-refractivity contribution is 0.0967. The van der Waals surface area contributed by atoms with Gasteiger partial charge in [-0.3, -0.25) is 9.59 Å². The number of thiophene rings is 2. The number of hydrogen-bond donors (Lipinski definition) is 0. The zero-order valence-corrected chi connectivity index (χ0v) is 17.6. The molecule has 1 amide bonds. The van der Waals surface area contributed by atoms with Crippen LogP contribution in [-0.2, 0) is 16.4 Å². The Balaban J connectivity index is 1.75. The molecular formula is C15H5Br2NO4S3. The normalized spacial score (nSPS) is 17.8. The summed E-state index contributed by atoms with van der Waals surface area (Å²) in [6.45, 7) is 0. The van der Waals surface area contributed by atoms with E-state index in [2.05, 4.69) is 31.9 Å². The van der Waals surface area contributed by atoms with E-state index in [1.165, 1.54) is 28.7 Å². The van der Waals surface area contributed by atoms with Gasteiger partial charge < -0.3 is 0 Å². The molecule has 0 unspecified atom stereocenters. The van der Waals surface area contributed by atoms with Crippen molar-refractivity contribution in [2.75, 3.05) is 4.31 Å². The zero-order valence-electron chi connectivity index (χ0n) is 12.0. The van der Waals surface area contributed by atoms with Crippen molar-refractivity contribution >= 4 is 92.0 Å². The van der Waals surface area contributed by atoms with Crippen molar-refractivity contribution in [1.29, 1.82) is 0 Å². The Morgan fingerprint density at radius 2 is 1.84 bits per heavy atom. The molecule has 5 rings (SSSR count). The van der Waals surface area contributed by atoms with Gasteiger partial charge in [0.1, 0.15) is 9.77 Å². The number of Topliss-reactive ketones (excluding diaryl/α,β-unsaturated/α-hetero) is 1. The Morgan fingerprint density at radius 1 is 1.08 bits per heavy atom. The Hall–Kier alpha value is -1.07. The van der Waals surface area contributed by atoms with Gasteiger partial charge in [0, 0.05) is 17.4 Å². The van der Waals surface area contributed by atoms with Gasteiger partial charge in [-0.1, -0.05) is 0 Å². The van der Waals surface area contributed by atoms with E-state index in [1.807, 2.05) is 0 Å². The fourth-order valence-electron chi connectivity index (χ4n) is 3.13. The highest BCUT2D eigenvalue weighted by Gasteiger charge is 2.47. The Bertz CT molecular complexity index is 1260. The number of fused-ring (bicyclic) bond motifs is 4. The van der Waals surface area contributed by atoms with E-state index in [1.54, 1.807) is 12.1 Å². The van der Waals surface area contributed by atoms with Gasteiger partial charge in [0.2, 0.25) is 0 Å². The summed E-state index contributed by atoms with van der Waals surface area (Å²) in [6, 6.07) is 4.70. The quantitative estimate of drug-likeness (QED) is 0.473. The lowest BCUT2D eigenvalue weighted by Crippen LogP contribution is -2.30. The van der Waals surface area contributed by atoms with Gasteiger partial charge in [0.05, 0.1) is 18.0 Å². The van der Waals surface area contributed by atoms with Crippen molar-refractivity contribution in [2.45, 2.75) is 11.3 Å². The molecule has 1 aliphatic carbocycles. The molecule has 5 nitrogen and oxygen atoms in total. The molecule has 0 fully saturated rings. The predicted octanol–water partition coefficient (Wildman–Crippen LogP) is 4.58. The summed E-state index contributed by atoms with van der Waals surface area (Å²) in [5, 5.41) is 0.548. The van der Waals surface area contributed by atoms with Crippen LogP contribution in [0.25, 0.3) is 10.1 Å². The summed E-state index contributed by atoms with van der Waals surface area (Å²) in [4.78, 5) is 24.6. The number of nitrogens with zero attached hydrogens (tertiary/aromatic N) is 1. The van der Waals surface area contributed by atoms with Crippen LogP contribution in [0.4, 0.5) is 5.69 Å². The first kappa shape index (κ1) is 16.1. The number of hydrogen-bond acceptors (Lipinski definition) is 6. The molecule has 2 aliphatic rings. The minimum atomic E-state index is -3.99. The van der Waals surface area contributed by atoms with Crippen LogP contribution in [0.1, 0.15) is 25.6 Å². The van der Waals surface area contributed by atoms with E-state index < -0.39 is 15.9 Å². The van der Waals surface area contributed by atoms with Crippen LogP contribution in [0.2, 0.25) is 0 Å². The highest BCUT2D eigenvalue weighted by molar-refractivity contribution is 9.12. The van der Waals surface area contributed by atoms with Crippen LogP contribution in [0.3, 0.4) is 0 Å². The highest BCUT2D eigenvalue weighted by Crippen LogP contribution is 2.52. The van der Waals surface area contributed by atoms with E-state index >= 15 is 0 Å². The standard InChI is InChI=1S/C15H5Br2NO4S3/c16-13-9-10(14(17)24-13)23-11-12(9)25(21,22)18(15(11)20)6-1-2-7-5(3-6)4-8(7)19/h1-3H,4H2. The molecule has 25 heavy (non-hydrogen) atoms. The number of ketones is 1. The summed E-state index contributed by atoms with van der Waals surface area (Å²) in [5.41, 5.74) is 1.64. The highest BCUT2D eigenvalue weighted by atomic mass is 79.9. The van der Waals surface area contributed by atoms with Gasteiger partial charge in [-0.05, 0) is 55.6 Å². The van der Waals surface area contributed by atoms with Crippen LogP contribution in [-0.4, -0.2) is 20.1 Å². The summed E-state index contributed by atoms with van der Waals surface area (Å²) in [7, 11) is -3.99. The molecule has 0 atom stereocenters. The van der Waals surface area contributed by atoms with Crippen LogP contribution in [0.5, 0.6) is 0 Å². The molecule has 1 aromatic carbocycles. The number of carbonyl (C=O) groups is 2. The lowest BCUT2D eigenvalue weighted by Gasteiger charge is -2.21. The van der Waals surface area contributed by atoms with Gasteiger partial charge in [-0.15, -0.1) is 22.7 Å². The van der Waals surface area contributed by atoms with E-state index in [9.17, 15) is 18.0 Å². The first-order chi connectivity index (χ1) is 11.8. The molecule has 10 heteroatoms. The Morgan fingerprint density at radius 3 is 2.52 bits per heavy atom.